The molecule has 1 aromatic carbocycles. The van der Waals surface area contributed by atoms with E-state index < -0.39 is 0 Å². The Balaban J connectivity index is 0.00000280. The Labute approximate surface area is 187 Å². The molecule has 2 heterocycles. The lowest BCUT2D eigenvalue weighted by atomic mass is 10.1. The maximum absolute atomic E-state index is 6.21. The van der Waals surface area contributed by atoms with Gasteiger partial charge in [-0.1, -0.05) is 29.8 Å². The molecule has 0 atom stereocenters. The summed E-state index contributed by atoms with van der Waals surface area (Å²) in [6, 6.07) is 11.9. The minimum atomic E-state index is 0. The normalized spacial score (nSPS) is 11.0. The Bertz CT molecular complexity index is 882. The molecule has 0 saturated heterocycles. The second kappa shape index (κ2) is 11.7. The number of halogens is 2. The zero-order chi connectivity index (χ0) is 18.9. The zero-order valence-corrected chi connectivity index (χ0v) is 18.8. The van der Waals surface area contributed by atoms with Crippen LogP contribution in [-0.2, 0) is 13.0 Å². The number of guanidine groups is 1. The van der Waals surface area contributed by atoms with Crippen LogP contribution < -0.4 is 10.6 Å². The van der Waals surface area contributed by atoms with Crippen molar-refractivity contribution in [2.75, 3.05) is 13.1 Å². The Hall–Kier alpha value is -2.13. The minimum absolute atomic E-state index is 0. The number of aromatic nitrogens is 3. The van der Waals surface area contributed by atoms with Gasteiger partial charge < -0.3 is 10.6 Å². The van der Waals surface area contributed by atoms with E-state index in [1.165, 1.54) is 0 Å². The van der Waals surface area contributed by atoms with Gasteiger partial charge in [-0.2, -0.15) is 0 Å². The van der Waals surface area contributed by atoms with E-state index in [-0.39, 0.29) is 24.0 Å². The van der Waals surface area contributed by atoms with Crippen molar-refractivity contribution in [1.82, 2.24) is 25.2 Å². The summed E-state index contributed by atoms with van der Waals surface area (Å²) in [5, 5.41) is 7.43. The third kappa shape index (κ3) is 6.49. The molecule has 2 aromatic heterocycles. The highest BCUT2D eigenvalue weighted by atomic mass is 127. The van der Waals surface area contributed by atoms with Crippen LogP contribution in [0.15, 0.2) is 66.3 Å². The summed E-state index contributed by atoms with van der Waals surface area (Å²) in [6.07, 6.45) is 7.96. The third-order valence-electron chi connectivity index (χ3n) is 3.99. The fourth-order valence-corrected chi connectivity index (χ4v) is 2.85. The Morgan fingerprint density at radius 1 is 1.18 bits per heavy atom. The molecule has 0 fully saturated rings. The van der Waals surface area contributed by atoms with E-state index >= 15 is 0 Å². The molecule has 0 bridgehead atoms. The van der Waals surface area contributed by atoms with Crippen LogP contribution in [0.5, 0.6) is 0 Å². The Kier molecular flexibility index (Phi) is 9.22. The van der Waals surface area contributed by atoms with Crippen LogP contribution in [0, 0.1) is 0 Å². The average Bonchev–Trinajstić information content (AvgIpc) is 3.23. The fourth-order valence-electron chi connectivity index (χ4n) is 2.62. The van der Waals surface area contributed by atoms with Gasteiger partial charge in [-0.05, 0) is 42.7 Å². The molecule has 148 valence electrons. The molecule has 2 N–H and O–H groups in total. The smallest absolute Gasteiger partial charge is 0.191 e. The van der Waals surface area contributed by atoms with Crippen molar-refractivity contribution < 1.29 is 0 Å². The molecule has 0 amide bonds. The monoisotopic (exact) mass is 510 g/mol. The van der Waals surface area contributed by atoms with E-state index in [1.807, 2.05) is 47.2 Å². The maximum atomic E-state index is 6.21. The summed E-state index contributed by atoms with van der Waals surface area (Å²) in [7, 11) is 0. The first-order valence-corrected chi connectivity index (χ1v) is 9.33. The number of rotatable bonds is 7. The fraction of sp³-hybridized carbons (Fsp3) is 0.250. The van der Waals surface area contributed by atoms with Crippen LogP contribution in [0.4, 0.5) is 0 Å². The van der Waals surface area contributed by atoms with Crippen molar-refractivity contribution in [3.63, 3.8) is 0 Å². The van der Waals surface area contributed by atoms with Gasteiger partial charge in [0.2, 0.25) is 0 Å². The molecule has 0 aliphatic carbocycles. The summed E-state index contributed by atoms with van der Waals surface area (Å²) < 4.78 is 1.88. The van der Waals surface area contributed by atoms with Crippen molar-refractivity contribution in [3.8, 4) is 5.82 Å². The number of nitrogens with one attached hydrogen (secondary N) is 2. The molecule has 3 aromatic rings. The molecular weight excluding hydrogens is 487 g/mol. The van der Waals surface area contributed by atoms with E-state index in [1.54, 1.807) is 18.7 Å². The number of benzene rings is 1. The van der Waals surface area contributed by atoms with Crippen LogP contribution in [0.3, 0.4) is 0 Å². The van der Waals surface area contributed by atoms with E-state index in [2.05, 4.69) is 32.5 Å². The lowest BCUT2D eigenvalue weighted by Gasteiger charge is -2.12. The highest BCUT2D eigenvalue weighted by molar-refractivity contribution is 14.0. The highest BCUT2D eigenvalue weighted by Gasteiger charge is 2.02. The van der Waals surface area contributed by atoms with Gasteiger partial charge in [-0.3, -0.25) is 4.57 Å². The molecule has 0 aliphatic rings. The molecule has 0 saturated carbocycles. The van der Waals surface area contributed by atoms with Crippen LogP contribution in [0.2, 0.25) is 5.02 Å². The number of hydrogen-bond acceptors (Lipinski definition) is 3. The average molecular weight is 511 g/mol. The lowest BCUT2D eigenvalue weighted by Crippen LogP contribution is -2.38. The summed E-state index contributed by atoms with van der Waals surface area (Å²) in [6.45, 7) is 4.17. The molecule has 0 radical (unpaired) electrons. The number of nitrogens with zero attached hydrogens (tertiary/aromatic N) is 4. The van der Waals surface area contributed by atoms with Crippen molar-refractivity contribution >= 4 is 41.5 Å². The molecule has 28 heavy (non-hydrogen) atoms. The maximum Gasteiger partial charge on any atom is 0.191 e. The quantitative estimate of drug-likeness (QED) is 0.288. The zero-order valence-electron chi connectivity index (χ0n) is 15.7. The molecular formula is C20H24ClIN6. The first-order chi connectivity index (χ1) is 13.3. The first-order valence-electron chi connectivity index (χ1n) is 8.95. The third-order valence-corrected chi connectivity index (χ3v) is 4.36. The van der Waals surface area contributed by atoms with Gasteiger partial charge in [-0.25, -0.2) is 15.0 Å². The number of imidazole rings is 1. The molecule has 0 spiro atoms. The summed E-state index contributed by atoms with van der Waals surface area (Å²) >= 11 is 6.21. The topological polar surface area (TPSA) is 67.1 Å². The second-order valence-electron chi connectivity index (χ2n) is 5.96. The molecule has 0 aliphatic heterocycles. The Morgan fingerprint density at radius 2 is 2.04 bits per heavy atom. The van der Waals surface area contributed by atoms with Crippen LogP contribution >= 0.6 is 35.6 Å². The van der Waals surface area contributed by atoms with Gasteiger partial charge in [0.1, 0.15) is 12.1 Å². The van der Waals surface area contributed by atoms with E-state index in [0.717, 1.165) is 47.4 Å². The van der Waals surface area contributed by atoms with Gasteiger partial charge in [0.25, 0.3) is 0 Å². The van der Waals surface area contributed by atoms with Gasteiger partial charge in [0.15, 0.2) is 5.96 Å². The first kappa shape index (κ1) is 22.2. The number of pyridine rings is 1. The minimum Gasteiger partial charge on any atom is -0.357 e. The molecule has 3 rings (SSSR count). The molecule has 6 nitrogen and oxygen atoms in total. The summed E-state index contributed by atoms with van der Waals surface area (Å²) in [5.41, 5.74) is 2.21. The highest BCUT2D eigenvalue weighted by Crippen LogP contribution is 2.14. The Morgan fingerprint density at radius 3 is 2.79 bits per heavy atom. The molecule has 8 heteroatoms. The van der Waals surface area contributed by atoms with Crippen molar-refractivity contribution in [3.05, 3.63) is 77.5 Å². The predicted molar refractivity (Wildman–Crippen MR) is 125 cm³/mol. The van der Waals surface area contributed by atoms with E-state index in [0.29, 0.717) is 6.54 Å². The SMILES string of the molecule is CCNC(=NCc1ccnc(-n2ccnc2)c1)NCCc1ccccc1Cl.I. The predicted octanol–water partition coefficient (Wildman–Crippen LogP) is 3.84. The van der Waals surface area contributed by atoms with Crippen LogP contribution in [0.1, 0.15) is 18.1 Å². The van der Waals surface area contributed by atoms with Gasteiger partial charge in [0.05, 0.1) is 6.54 Å². The largest absolute Gasteiger partial charge is 0.357 e. The standard InChI is InChI=1S/C20H23ClN6.HI/c1-2-23-20(25-10-8-17-5-3-4-6-18(17)21)26-14-16-7-9-24-19(13-16)27-12-11-22-15-27;/h3-7,9,11-13,15H,2,8,10,14H2,1H3,(H2,23,25,26);1H. The van der Waals surface area contributed by atoms with Crippen molar-refractivity contribution in [2.45, 2.75) is 19.9 Å². The molecule has 0 unspecified atom stereocenters. The lowest BCUT2D eigenvalue weighted by molar-refractivity contribution is 0.799. The van der Waals surface area contributed by atoms with Crippen molar-refractivity contribution in [1.29, 1.82) is 0 Å². The van der Waals surface area contributed by atoms with Gasteiger partial charge in [-0.15, -0.1) is 24.0 Å². The second-order valence-corrected chi connectivity index (χ2v) is 6.36. The van der Waals surface area contributed by atoms with Crippen LogP contribution in [-0.4, -0.2) is 33.6 Å². The van der Waals surface area contributed by atoms with Crippen LogP contribution in [0.25, 0.3) is 5.82 Å². The van der Waals surface area contributed by atoms with E-state index in [4.69, 9.17) is 11.6 Å². The van der Waals surface area contributed by atoms with Gasteiger partial charge in [0, 0.05) is 36.7 Å². The number of hydrogen-bond donors (Lipinski definition) is 2. The summed E-state index contributed by atoms with van der Waals surface area (Å²) in [4.78, 5) is 13.1. The van der Waals surface area contributed by atoms with E-state index in [9.17, 15) is 0 Å². The number of aliphatic imine (C=N–C) groups is 1. The van der Waals surface area contributed by atoms with Crippen molar-refractivity contribution in [2.24, 2.45) is 4.99 Å². The summed E-state index contributed by atoms with van der Waals surface area (Å²) in [5.74, 6) is 1.61. The van der Waals surface area contributed by atoms with Gasteiger partial charge >= 0.3 is 0 Å².